The molecule has 15 nitrogen and oxygen atoms in total. The van der Waals surface area contributed by atoms with Crippen molar-refractivity contribution in [1.82, 2.24) is 30.4 Å². The van der Waals surface area contributed by atoms with Gasteiger partial charge >= 0.3 is 0 Å². The van der Waals surface area contributed by atoms with Crippen molar-refractivity contribution in [3.05, 3.63) is 88.7 Å². The molecule has 2 N–H and O–H groups in total. The number of piperazine rings is 1. The Bertz CT molecular complexity index is 2630. The van der Waals surface area contributed by atoms with Gasteiger partial charge in [-0.05, 0) is 67.6 Å². The molecule has 1 atom stereocenters. The number of pyridine rings is 2. The molecular formula is C47H49F2N9O6. The number of nitriles is 1. The van der Waals surface area contributed by atoms with Gasteiger partial charge in [0.25, 0.3) is 17.7 Å². The lowest BCUT2D eigenvalue weighted by atomic mass is 9.49. The van der Waals surface area contributed by atoms with Gasteiger partial charge in [0.05, 0.1) is 33.5 Å². The molecule has 1 unspecified atom stereocenters. The van der Waals surface area contributed by atoms with Crippen molar-refractivity contribution >= 4 is 51.9 Å². The largest absolute Gasteiger partial charge is 0.488 e. The predicted octanol–water partition coefficient (Wildman–Crippen LogP) is 4.83. The Balaban J connectivity index is 0.761. The number of anilines is 2. The van der Waals surface area contributed by atoms with Crippen LogP contribution in [0.15, 0.2) is 54.9 Å². The zero-order valence-electron chi connectivity index (χ0n) is 36.1. The Morgan fingerprint density at radius 2 is 1.59 bits per heavy atom. The van der Waals surface area contributed by atoms with Crippen molar-refractivity contribution in [3.8, 4) is 11.8 Å². The molecule has 1 saturated carbocycles. The number of fused-ring (bicyclic) bond motifs is 2. The quantitative estimate of drug-likeness (QED) is 0.219. The van der Waals surface area contributed by atoms with Crippen LogP contribution in [0.3, 0.4) is 0 Å². The molecule has 6 heterocycles. The minimum Gasteiger partial charge on any atom is -0.488 e. The molecule has 2 aromatic carbocycles. The highest BCUT2D eigenvalue weighted by Gasteiger charge is 2.64. The topological polar surface area (TPSA) is 181 Å². The van der Waals surface area contributed by atoms with Gasteiger partial charge in [-0.2, -0.15) is 5.26 Å². The number of hydrogen-bond acceptors (Lipinski definition) is 12. The zero-order chi connectivity index (χ0) is 45.2. The van der Waals surface area contributed by atoms with Crippen LogP contribution in [0, 0.1) is 39.7 Å². The van der Waals surface area contributed by atoms with Crippen LogP contribution in [0.2, 0.25) is 0 Å². The number of ether oxygens (including phenoxy) is 1. The summed E-state index contributed by atoms with van der Waals surface area (Å²) in [5, 5.41) is 15.6. The minimum absolute atomic E-state index is 0.00298. The minimum atomic E-state index is -1.13. The van der Waals surface area contributed by atoms with E-state index >= 15 is 8.78 Å². The molecule has 5 aliphatic rings. The standard InChI is InChI=1S/C47H49F2N9O6/c1-46(2)44(47(3,4)45(46)64-36-9-7-27(23-50)38-29(36)6-5-13-51-38)54-40(60)28-20-33(49)39(52-24-28)57-14-11-26(12-15-57)25-55-16-18-56(19-17-55)35-22-31-30(21-32(35)48)42(62)58(43(31)63)34-8-10-37(59)53-41(34)61/h5-7,9,13,20-22,24,26,34,44-45H,8,10-12,14-19,25H2,1-4H3,(H,54,60)(H,53,59,61). The Morgan fingerprint density at radius 3 is 2.27 bits per heavy atom. The Labute approximate surface area is 368 Å². The van der Waals surface area contributed by atoms with E-state index in [1.54, 1.807) is 24.4 Å². The van der Waals surface area contributed by atoms with E-state index in [2.05, 4.69) is 31.6 Å². The van der Waals surface area contributed by atoms with Crippen LogP contribution < -0.4 is 25.2 Å². The summed E-state index contributed by atoms with van der Waals surface area (Å²) in [7, 11) is 0. The van der Waals surface area contributed by atoms with E-state index in [1.165, 1.54) is 18.3 Å². The highest BCUT2D eigenvalue weighted by atomic mass is 19.1. The van der Waals surface area contributed by atoms with Gasteiger partial charge in [0.1, 0.15) is 29.8 Å². The van der Waals surface area contributed by atoms with Gasteiger partial charge in [-0.3, -0.25) is 44.1 Å². The maximum atomic E-state index is 15.7. The number of halogens is 2. The van der Waals surface area contributed by atoms with E-state index < -0.39 is 58.0 Å². The van der Waals surface area contributed by atoms with Gasteiger partial charge in [0.15, 0.2) is 11.6 Å². The molecule has 9 rings (SSSR count). The molecular weight excluding hydrogens is 825 g/mol. The van der Waals surface area contributed by atoms with E-state index in [9.17, 15) is 29.2 Å². The summed E-state index contributed by atoms with van der Waals surface area (Å²) in [6, 6.07) is 11.6. The molecule has 2 aromatic heterocycles. The first-order valence-corrected chi connectivity index (χ1v) is 21.7. The van der Waals surface area contributed by atoms with E-state index in [-0.39, 0.29) is 53.2 Å². The number of rotatable bonds is 9. The van der Waals surface area contributed by atoms with Crippen LogP contribution >= 0.6 is 0 Å². The second-order valence-corrected chi connectivity index (χ2v) is 18.7. The smallest absolute Gasteiger partial charge is 0.262 e. The molecule has 4 aliphatic heterocycles. The number of imide groups is 2. The van der Waals surface area contributed by atoms with Gasteiger partial charge in [-0.15, -0.1) is 0 Å². The van der Waals surface area contributed by atoms with E-state index in [0.717, 1.165) is 35.7 Å². The monoisotopic (exact) mass is 873 g/mol. The Hall–Kier alpha value is -6.54. The second-order valence-electron chi connectivity index (χ2n) is 18.7. The first-order chi connectivity index (χ1) is 30.6. The summed E-state index contributed by atoms with van der Waals surface area (Å²) in [6.07, 6.45) is 4.41. The van der Waals surface area contributed by atoms with Gasteiger partial charge in [0, 0.05) is 86.9 Å². The molecule has 4 fully saturated rings. The molecule has 332 valence electrons. The fraction of sp³-hybridized carbons (Fsp3) is 0.447. The van der Waals surface area contributed by atoms with Crippen molar-refractivity contribution in [2.75, 3.05) is 55.6 Å². The first-order valence-electron chi connectivity index (χ1n) is 21.7. The number of aromatic nitrogens is 2. The average Bonchev–Trinajstić information content (AvgIpc) is 3.51. The van der Waals surface area contributed by atoms with Gasteiger partial charge in [-0.25, -0.2) is 13.8 Å². The lowest BCUT2D eigenvalue weighted by Gasteiger charge is -2.63. The van der Waals surface area contributed by atoms with Gasteiger partial charge in [0.2, 0.25) is 11.8 Å². The molecule has 0 radical (unpaired) electrons. The lowest BCUT2D eigenvalue weighted by molar-refractivity contribution is -0.163. The molecule has 64 heavy (non-hydrogen) atoms. The highest BCUT2D eigenvalue weighted by molar-refractivity contribution is 6.23. The third-order valence-corrected chi connectivity index (χ3v) is 13.9. The highest BCUT2D eigenvalue weighted by Crippen LogP contribution is 2.56. The molecule has 3 saturated heterocycles. The molecule has 4 aromatic rings. The van der Waals surface area contributed by atoms with Crippen molar-refractivity contribution in [2.45, 2.75) is 71.6 Å². The van der Waals surface area contributed by atoms with Crippen molar-refractivity contribution < 1.29 is 37.5 Å². The zero-order valence-corrected chi connectivity index (χ0v) is 36.1. The Morgan fingerprint density at radius 1 is 0.891 bits per heavy atom. The SMILES string of the molecule is CC1(C)C(NC(=O)c2cnc(N3CCC(CN4CCN(c5cc6c(cc5F)C(=O)N(C5CCC(=O)NC5=O)C6=O)CC4)CC3)c(F)c2)C(C)(C)C1Oc1ccc(C#N)c2ncccc12. The lowest BCUT2D eigenvalue weighted by Crippen LogP contribution is -2.74. The number of benzene rings is 2. The van der Waals surface area contributed by atoms with Crippen LogP contribution in [0.25, 0.3) is 10.9 Å². The average molecular weight is 874 g/mol. The fourth-order valence-electron chi connectivity index (χ4n) is 10.9. The summed E-state index contributed by atoms with van der Waals surface area (Å²) >= 11 is 0. The van der Waals surface area contributed by atoms with Crippen molar-refractivity contribution in [3.63, 3.8) is 0 Å². The number of hydrogen-bond donors (Lipinski definition) is 2. The number of nitrogens with zero attached hydrogens (tertiary/aromatic N) is 7. The first kappa shape index (κ1) is 42.7. The van der Waals surface area contributed by atoms with Crippen LogP contribution in [-0.2, 0) is 9.59 Å². The number of amides is 5. The van der Waals surface area contributed by atoms with Gasteiger partial charge < -0.3 is 19.9 Å². The molecule has 0 bridgehead atoms. The van der Waals surface area contributed by atoms with Crippen molar-refractivity contribution in [1.29, 1.82) is 5.26 Å². The summed E-state index contributed by atoms with van der Waals surface area (Å²) in [5.74, 6) is -3.05. The van der Waals surface area contributed by atoms with Crippen LogP contribution in [0.1, 0.15) is 90.0 Å². The maximum Gasteiger partial charge on any atom is 0.262 e. The van der Waals surface area contributed by atoms with Crippen LogP contribution in [0.5, 0.6) is 5.75 Å². The molecule has 17 heteroatoms. The number of carbonyl (C=O) groups excluding carboxylic acids is 5. The van der Waals surface area contributed by atoms with Crippen LogP contribution in [-0.4, -0.2) is 113 Å². The predicted molar refractivity (Wildman–Crippen MR) is 231 cm³/mol. The van der Waals surface area contributed by atoms with E-state index in [1.807, 2.05) is 43.6 Å². The summed E-state index contributed by atoms with van der Waals surface area (Å²) < 4.78 is 37.8. The summed E-state index contributed by atoms with van der Waals surface area (Å²) in [6.45, 7) is 12.4. The maximum absolute atomic E-state index is 15.7. The summed E-state index contributed by atoms with van der Waals surface area (Å²) in [4.78, 5) is 79.9. The Kier molecular flexibility index (Phi) is 10.8. The van der Waals surface area contributed by atoms with E-state index in [0.29, 0.717) is 62.0 Å². The normalized spacial score (nSPS) is 23.4. The van der Waals surface area contributed by atoms with Crippen LogP contribution in [0.4, 0.5) is 20.3 Å². The van der Waals surface area contributed by atoms with E-state index in [4.69, 9.17) is 4.74 Å². The van der Waals surface area contributed by atoms with Crippen molar-refractivity contribution in [2.24, 2.45) is 16.7 Å². The summed E-state index contributed by atoms with van der Waals surface area (Å²) in [5.41, 5.74) is 0.326. The molecule has 1 aliphatic carbocycles. The molecule has 5 amide bonds. The number of nitrogens with one attached hydrogen (secondary N) is 2. The second kappa shape index (κ2) is 16.2. The fourth-order valence-corrected chi connectivity index (χ4v) is 10.9. The third-order valence-electron chi connectivity index (χ3n) is 13.9. The van der Waals surface area contributed by atoms with Gasteiger partial charge in [-0.1, -0.05) is 27.7 Å². The third kappa shape index (κ3) is 7.36. The number of carbonyl (C=O) groups is 5. The number of piperidine rings is 2. The molecule has 0 spiro atoms.